The van der Waals surface area contributed by atoms with Crippen LogP contribution in [0.15, 0.2) is 60.7 Å². The molecule has 0 amide bonds. The molecule has 1 heterocycles. The van der Waals surface area contributed by atoms with Gasteiger partial charge >= 0.3 is 5.97 Å². The van der Waals surface area contributed by atoms with Gasteiger partial charge in [0.15, 0.2) is 0 Å². The highest BCUT2D eigenvalue weighted by Gasteiger charge is 2.26. The molecule has 0 radical (unpaired) electrons. The summed E-state index contributed by atoms with van der Waals surface area (Å²) in [6.45, 7) is 7.28. The fraction of sp³-hybridized carbons (Fsp3) is 0.435. The van der Waals surface area contributed by atoms with E-state index in [-0.39, 0.29) is 12.0 Å². The molecule has 5 nitrogen and oxygen atoms in total. The van der Waals surface area contributed by atoms with Crippen LogP contribution in [0.5, 0.6) is 0 Å². The van der Waals surface area contributed by atoms with Crippen molar-refractivity contribution in [1.82, 2.24) is 9.80 Å². The van der Waals surface area contributed by atoms with Crippen molar-refractivity contribution in [3.05, 3.63) is 71.8 Å². The number of hydrogen-bond acceptors (Lipinski definition) is 5. The Kier molecular flexibility index (Phi) is 7.60. The fourth-order valence-electron chi connectivity index (χ4n) is 3.63. The highest BCUT2D eigenvalue weighted by Crippen LogP contribution is 2.21. The van der Waals surface area contributed by atoms with Gasteiger partial charge in [-0.2, -0.15) is 0 Å². The van der Waals surface area contributed by atoms with Gasteiger partial charge in [-0.05, 0) is 31.0 Å². The molecule has 28 heavy (non-hydrogen) atoms. The molecule has 2 aromatic carbocycles. The second-order valence-electron chi connectivity index (χ2n) is 7.33. The number of carbonyl (C=O) groups excluding carboxylic acids is 1. The summed E-state index contributed by atoms with van der Waals surface area (Å²) in [6.07, 6.45) is 0.367. The Balaban J connectivity index is 1.34. The Morgan fingerprint density at radius 3 is 2.25 bits per heavy atom. The largest absolute Gasteiger partial charge is 0.462 e. The van der Waals surface area contributed by atoms with E-state index in [4.69, 9.17) is 4.74 Å². The van der Waals surface area contributed by atoms with Crippen LogP contribution in [0.25, 0.3) is 0 Å². The second kappa shape index (κ2) is 10.4. The van der Waals surface area contributed by atoms with Gasteiger partial charge in [0.2, 0.25) is 0 Å². The van der Waals surface area contributed by atoms with E-state index in [1.165, 1.54) is 0 Å². The molecule has 0 spiro atoms. The number of ether oxygens (including phenoxy) is 1. The Labute approximate surface area is 167 Å². The van der Waals surface area contributed by atoms with Gasteiger partial charge in [0.05, 0.1) is 18.3 Å². The predicted molar refractivity (Wildman–Crippen MR) is 110 cm³/mol. The summed E-state index contributed by atoms with van der Waals surface area (Å²) in [5.41, 5.74) is 1.57. The first-order valence-corrected chi connectivity index (χ1v) is 10.1. The minimum Gasteiger partial charge on any atom is -0.462 e. The first kappa shape index (κ1) is 20.5. The molecule has 2 unspecified atom stereocenters. The highest BCUT2D eigenvalue weighted by atomic mass is 16.5. The number of carbonyl (C=O) groups is 1. The lowest BCUT2D eigenvalue weighted by Crippen LogP contribution is -2.51. The van der Waals surface area contributed by atoms with Crippen molar-refractivity contribution in [1.29, 1.82) is 0 Å². The van der Waals surface area contributed by atoms with Gasteiger partial charge in [0.1, 0.15) is 0 Å². The lowest BCUT2D eigenvalue weighted by atomic mass is 10.0. The highest BCUT2D eigenvalue weighted by molar-refractivity contribution is 5.89. The van der Waals surface area contributed by atoms with Crippen LogP contribution in [0.1, 0.15) is 35.4 Å². The summed E-state index contributed by atoms with van der Waals surface area (Å²) in [7, 11) is 0. The number of benzene rings is 2. The van der Waals surface area contributed by atoms with Crippen LogP contribution >= 0.6 is 0 Å². The van der Waals surface area contributed by atoms with Crippen molar-refractivity contribution in [2.45, 2.75) is 25.5 Å². The van der Waals surface area contributed by atoms with Crippen LogP contribution in [-0.2, 0) is 4.74 Å². The molecule has 0 saturated carbocycles. The van der Waals surface area contributed by atoms with E-state index < -0.39 is 6.10 Å². The summed E-state index contributed by atoms with van der Waals surface area (Å²) in [4.78, 5) is 16.7. The fourth-order valence-corrected chi connectivity index (χ4v) is 3.63. The molecule has 2 atom stereocenters. The minimum absolute atomic E-state index is 0.0939. The maximum Gasteiger partial charge on any atom is 0.338 e. The van der Waals surface area contributed by atoms with Crippen LogP contribution in [0.4, 0.5) is 0 Å². The zero-order valence-electron chi connectivity index (χ0n) is 16.5. The van der Waals surface area contributed by atoms with E-state index in [2.05, 4.69) is 16.7 Å². The molecular formula is C23H30N2O3. The van der Waals surface area contributed by atoms with Crippen LogP contribution in [0.2, 0.25) is 0 Å². The second-order valence-corrected chi connectivity index (χ2v) is 7.33. The number of aliphatic hydroxyl groups excluding tert-OH is 1. The maximum atomic E-state index is 11.9. The third-order valence-electron chi connectivity index (χ3n) is 5.44. The SMILES string of the molecule is CC(C(O)c1ccccc1)N1CCN(CCCOC(=O)c2ccccc2)CC1. The molecule has 1 aliphatic heterocycles. The van der Waals surface area contributed by atoms with Crippen molar-refractivity contribution in [3.8, 4) is 0 Å². The van der Waals surface area contributed by atoms with E-state index in [1.54, 1.807) is 12.1 Å². The quantitative estimate of drug-likeness (QED) is 0.562. The van der Waals surface area contributed by atoms with Gasteiger partial charge in [-0.25, -0.2) is 4.79 Å². The van der Waals surface area contributed by atoms with Crippen molar-refractivity contribution in [2.75, 3.05) is 39.3 Å². The van der Waals surface area contributed by atoms with E-state index in [0.717, 1.165) is 44.7 Å². The number of piperazine rings is 1. The van der Waals surface area contributed by atoms with Gasteiger partial charge < -0.3 is 14.7 Å². The first-order valence-electron chi connectivity index (χ1n) is 10.1. The molecule has 150 valence electrons. The lowest BCUT2D eigenvalue weighted by Gasteiger charge is -2.39. The third kappa shape index (κ3) is 5.64. The Morgan fingerprint density at radius 1 is 1.00 bits per heavy atom. The van der Waals surface area contributed by atoms with Gasteiger partial charge in [-0.1, -0.05) is 48.5 Å². The van der Waals surface area contributed by atoms with Crippen molar-refractivity contribution in [3.63, 3.8) is 0 Å². The van der Waals surface area contributed by atoms with Crippen molar-refractivity contribution in [2.24, 2.45) is 0 Å². The molecule has 2 aromatic rings. The monoisotopic (exact) mass is 382 g/mol. The van der Waals surface area contributed by atoms with Crippen molar-refractivity contribution < 1.29 is 14.6 Å². The summed E-state index contributed by atoms with van der Waals surface area (Å²) < 4.78 is 5.35. The van der Waals surface area contributed by atoms with Gasteiger partial charge in [0.25, 0.3) is 0 Å². The topological polar surface area (TPSA) is 53.0 Å². The van der Waals surface area contributed by atoms with Crippen LogP contribution < -0.4 is 0 Å². The summed E-state index contributed by atoms with van der Waals surface area (Å²) in [5.74, 6) is -0.255. The molecular weight excluding hydrogens is 352 g/mol. The Morgan fingerprint density at radius 2 is 1.61 bits per heavy atom. The average Bonchev–Trinajstić information content (AvgIpc) is 2.77. The Hall–Kier alpha value is -2.21. The Bertz CT molecular complexity index is 715. The molecule has 0 bridgehead atoms. The normalized spacial score (nSPS) is 17.8. The van der Waals surface area contributed by atoms with Crippen LogP contribution in [-0.4, -0.2) is 66.2 Å². The molecule has 0 aliphatic carbocycles. The van der Waals surface area contributed by atoms with Crippen molar-refractivity contribution >= 4 is 5.97 Å². The smallest absolute Gasteiger partial charge is 0.338 e. The average molecular weight is 383 g/mol. The minimum atomic E-state index is -0.467. The molecule has 1 saturated heterocycles. The van der Waals surface area contributed by atoms with Crippen LogP contribution in [0, 0.1) is 0 Å². The van der Waals surface area contributed by atoms with Gasteiger partial charge in [-0.3, -0.25) is 4.90 Å². The summed E-state index contributed by atoms with van der Waals surface area (Å²) >= 11 is 0. The van der Waals surface area contributed by atoms with Crippen LogP contribution in [0.3, 0.4) is 0 Å². The molecule has 3 rings (SSSR count). The number of nitrogens with zero attached hydrogens (tertiary/aromatic N) is 2. The zero-order valence-corrected chi connectivity index (χ0v) is 16.5. The molecule has 0 aromatic heterocycles. The molecule has 1 aliphatic rings. The number of aliphatic hydroxyl groups is 1. The van der Waals surface area contributed by atoms with E-state index in [9.17, 15) is 9.90 Å². The number of rotatable bonds is 8. The first-order chi connectivity index (χ1) is 13.6. The van der Waals surface area contributed by atoms with Gasteiger partial charge in [0, 0.05) is 38.8 Å². The zero-order chi connectivity index (χ0) is 19.8. The summed E-state index contributed by atoms with van der Waals surface area (Å²) in [5, 5.41) is 10.6. The predicted octanol–water partition coefficient (Wildman–Crippen LogP) is 2.97. The maximum absolute atomic E-state index is 11.9. The van der Waals surface area contributed by atoms with E-state index in [1.807, 2.05) is 48.5 Å². The number of esters is 1. The van der Waals surface area contributed by atoms with E-state index >= 15 is 0 Å². The van der Waals surface area contributed by atoms with Gasteiger partial charge in [-0.15, -0.1) is 0 Å². The summed E-state index contributed by atoms with van der Waals surface area (Å²) in [6, 6.07) is 19.1. The molecule has 5 heteroatoms. The molecule has 1 N–H and O–H groups in total. The van der Waals surface area contributed by atoms with E-state index in [0.29, 0.717) is 12.2 Å². The lowest BCUT2D eigenvalue weighted by molar-refractivity contribution is 0.0235. The molecule has 1 fully saturated rings. The standard InChI is InChI=1S/C23H30N2O3/c1-19(22(26)20-9-4-2-5-10-20)25-16-14-24(15-17-25)13-8-18-28-23(27)21-11-6-3-7-12-21/h2-7,9-12,19,22,26H,8,13-18H2,1H3. The number of hydrogen-bond donors (Lipinski definition) is 1. The third-order valence-corrected chi connectivity index (χ3v) is 5.44.